The number of hydrogen-bond donors (Lipinski definition) is 0. The number of ether oxygens (including phenoxy) is 1. The third kappa shape index (κ3) is 1.53. The van der Waals surface area contributed by atoms with Crippen molar-refractivity contribution >= 4 is 27.2 Å². The molecule has 0 atom stereocenters. The van der Waals surface area contributed by atoms with Crippen LogP contribution in [0.3, 0.4) is 0 Å². The summed E-state index contributed by atoms with van der Waals surface area (Å²) in [5.74, 6) is 1.67. The van der Waals surface area contributed by atoms with Crippen LogP contribution in [0.4, 0.5) is 0 Å². The van der Waals surface area contributed by atoms with Gasteiger partial charge in [-0.15, -0.1) is 0 Å². The first-order chi connectivity index (χ1) is 8.20. The van der Waals surface area contributed by atoms with Gasteiger partial charge in [0.2, 0.25) is 5.88 Å². The number of fused-ring (bicyclic) bond motifs is 1. The topological polar surface area (TPSA) is 69.4 Å². The lowest BCUT2D eigenvalue weighted by Crippen LogP contribution is -2.23. The van der Waals surface area contributed by atoms with E-state index in [1.165, 1.54) is 6.33 Å². The van der Waals surface area contributed by atoms with Gasteiger partial charge in [-0.3, -0.25) is 4.79 Å². The average molecular weight is 297 g/mol. The van der Waals surface area contributed by atoms with E-state index in [4.69, 9.17) is 4.74 Å². The molecule has 3 rings (SSSR count). The van der Waals surface area contributed by atoms with E-state index in [0.29, 0.717) is 28.8 Å². The van der Waals surface area contributed by atoms with E-state index in [1.807, 2.05) is 0 Å². The van der Waals surface area contributed by atoms with Gasteiger partial charge in [-0.05, 0) is 15.9 Å². The number of carbonyl (C=O) groups excluding carboxylic acids is 1. The minimum Gasteiger partial charge on any atom is -0.479 e. The number of imidazole rings is 1. The number of halogens is 1. The number of hydrogen-bond acceptors (Lipinski definition) is 5. The van der Waals surface area contributed by atoms with E-state index >= 15 is 0 Å². The van der Waals surface area contributed by atoms with Crippen molar-refractivity contribution in [2.24, 2.45) is 0 Å². The standard InChI is InChI=1S/C10H9BrN4O2/c1-17-10-7-8(11)14-9(5-2-6(16)3-5)15(7)13-4-12-10/h4-5H,2-3H2,1H3. The number of ketones is 1. The summed E-state index contributed by atoms with van der Waals surface area (Å²) in [6, 6.07) is 0. The first-order valence-electron chi connectivity index (χ1n) is 5.15. The molecule has 0 aliphatic heterocycles. The SMILES string of the molecule is COc1ncnn2c(C3CC(=O)C3)nc(Br)c12. The lowest BCUT2D eigenvalue weighted by atomic mass is 9.83. The molecule has 0 radical (unpaired) electrons. The second-order valence-corrected chi connectivity index (χ2v) is 4.69. The van der Waals surface area contributed by atoms with E-state index in [0.717, 1.165) is 5.82 Å². The Morgan fingerprint density at radius 1 is 1.53 bits per heavy atom. The number of aromatic nitrogens is 4. The van der Waals surface area contributed by atoms with E-state index in [9.17, 15) is 4.79 Å². The van der Waals surface area contributed by atoms with Gasteiger partial charge in [0.05, 0.1) is 7.11 Å². The molecule has 0 unspecified atom stereocenters. The summed E-state index contributed by atoms with van der Waals surface area (Å²) >= 11 is 3.37. The zero-order valence-electron chi connectivity index (χ0n) is 9.05. The summed E-state index contributed by atoms with van der Waals surface area (Å²) in [6.45, 7) is 0. The molecule has 1 saturated carbocycles. The minimum absolute atomic E-state index is 0.154. The first kappa shape index (κ1) is 10.6. The Morgan fingerprint density at radius 3 is 2.94 bits per heavy atom. The van der Waals surface area contributed by atoms with Crippen molar-refractivity contribution < 1.29 is 9.53 Å². The summed E-state index contributed by atoms with van der Waals surface area (Å²) < 4.78 is 7.50. The minimum atomic E-state index is 0.154. The summed E-state index contributed by atoms with van der Waals surface area (Å²) in [5.41, 5.74) is 0.698. The highest BCUT2D eigenvalue weighted by atomic mass is 79.9. The zero-order chi connectivity index (χ0) is 12.0. The monoisotopic (exact) mass is 296 g/mol. The molecular formula is C10H9BrN4O2. The molecule has 2 heterocycles. The maximum Gasteiger partial charge on any atom is 0.244 e. The highest BCUT2D eigenvalue weighted by Crippen LogP contribution is 2.36. The average Bonchev–Trinajstić information content (AvgIpc) is 2.63. The summed E-state index contributed by atoms with van der Waals surface area (Å²) in [5, 5.41) is 4.16. The normalized spacial score (nSPS) is 16.2. The van der Waals surface area contributed by atoms with Gasteiger partial charge in [-0.1, -0.05) is 0 Å². The van der Waals surface area contributed by atoms with Crippen molar-refractivity contribution in [3.05, 3.63) is 16.8 Å². The molecule has 2 aromatic heterocycles. The van der Waals surface area contributed by atoms with Crippen molar-refractivity contribution in [2.75, 3.05) is 7.11 Å². The highest BCUT2D eigenvalue weighted by Gasteiger charge is 2.33. The van der Waals surface area contributed by atoms with Crippen molar-refractivity contribution in [1.29, 1.82) is 0 Å². The van der Waals surface area contributed by atoms with Gasteiger partial charge in [0.15, 0.2) is 5.52 Å². The van der Waals surface area contributed by atoms with Crippen molar-refractivity contribution in [1.82, 2.24) is 19.6 Å². The van der Waals surface area contributed by atoms with E-state index < -0.39 is 0 Å². The molecule has 0 spiro atoms. The molecule has 88 valence electrons. The summed E-state index contributed by atoms with van der Waals surface area (Å²) in [4.78, 5) is 19.5. The van der Waals surface area contributed by atoms with Crippen LogP contribution >= 0.6 is 15.9 Å². The predicted molar refractivity (Wildman–Crippen MR) is 62.0 cm³/mol. The van der Waals surface area contributed by atoms with Gasteiger partial charge in [-0.25, -0.2) is 9.50 Å². The van der Waals surface area contributed by atoms with E-state index in [1.54, 1.807) is 11.6 Å². The van der Waals surface area contributed by atoms with Crippen molar-refractivity contribution in [3.8, 4) is 5.88 Å². The predicted octanol–water partition coefficient (Wildman–Crippen LogP) is 1.34. The maximum absolute atomic E-state index is 11.0. The number of nitrogens with zero attached hydrogens (tertiary/aromatic N) is 4. The molecule has 0 N–H and O–H groups in total. The second kappa shape index (κ2) is 3.76. The molecule has 6 nitrogen and oxygen atoms in total. The van der Waals surface area contributed by atoms with Crippen LogP contribution in [-0.2, 0) is 4.79 Å². The molecule has 0 amide bonds. The number of rotatable bonds is 2. The van der Waals surface area contributed by atoms with E-state index in [-0.39, 0.29) is 11.7 Å². The van der Waals surface area contributed by atoms with Gasteiger partial charge >= 0.3 is 0 Å². The fourth-order valence-electron chi connectivity index (χ4n) is 1.98. The Kier molecular flexibility index (Phi) is 2.36. The molecule has 1 fully saturated rings. The molecule has 0 bridgehead atoms. The van der Waals surface area contributed by atoms with Crippen LogP contribution in [0.5, 0.6) is 5.88 Å². The smallest absolute Gasteiger partial charge is 0.244 e. The molecule has 0 aromatic carbocycles. The Morgan fingerprint density at radius 2 is 2.29 bits per heavy atom. The van der Waals surface area contributed by atoms with E-state index in [2.05, 4.69) is 31.0 Å². The van der Waals surface area contributed by atoms with Crippen LogP contribution in [0.25, 0.3) is 5.52 Å². The lowest BCUT2D eigenvalue weighted by molar-refractivity contribution is -0.124. The molecule has 2 aromatic rings. The Bertz CT molecular complexity index is 602. The van der Waals surface area contributed by atoms with Gasteiger partial charge < -0.3 is 4.74 Å². The molecule has 0 saturated heterocycles. The number of Topliss-reactive ketones (excluding diaryl/α,β-unsaturated/α-hetero) is 1. The Balaban J connectivity index is 2.17. The summed E-state index contributed by atoms with van der Waals surface area (Å²) in [6.07, 6.45) is 2.50. The van der Waals surface area contributed by atoms with Gasteiger partial charge in [-0.2, -0.15) is 10.1 Å². The van der Waals surface area contributed by atoms with Crippen LogP contribution in [0.15, 0.2) is 10.9 Å². The van der Waals surface area contributed by atoms with Gasteiger partial charge in [0.1, 0.15) is 22.5 Å². The first-order valence-corrected chi connectivity index (χ1v) is 5.95. The Hall–Kier alpha value is -1.50. The highest BCUT2D eigenvalue weighted by molar-refractivity contribution is 9.10. The second-order valence-electron chi connectivity index (χ2n) is 3.93. The van der Waals surface area contributed by atoms with Gasteiger partial charge in [0, 0.05) is 18.8 Å². The fraction of sp³-hybridized carbons (Fsp3) is 0.400. The molecule has 17 heavy (non-hydrogen) atoms. The lowest BCUT2D eigenvalue weighted by Gasteiger charge is -2.21. The third-order valence-corrected chi connectivity index (χ3v) is 3.44. The molecular weight excluding hydrogens is 288 g/mol. The van der Waals surface area contributed by atoms with Crippen LogP contribution in [0.1, 0.15) is 24.6 Å². The quantitative estimate of drug-likeness (QED) is 0.836. The van der Waals surface area contributed by atoms with Crippen molar-refractivity contribution in [2.45, 2.75) is 18.8 Å². The molecule has 1 aliphatic rings. The zero-order valence-corrected chi connectivity index (χ0v) is 10.6. The van der Waals surface area contributed by atoms with Crippen LogP contribution in [0, 0.1) is 0 Å². The largest absolute Gasteiger partial charge is 0.479 e. The van der Waals surface area contributed by atoms with Crippen LogP contribution in [0.2, 0.25) is 0 Å². The molecule has 1 aliphatic carbocycles. The van der Waals surface area contributed by atoms with Crippen LogP contribution in [-0.4, -0.2) is 32.5 Å². The van der Waals surface area contributed by atoms with Crippen molar-refractivity contribution in [3.63, 3.8) is 0 Å². The number of methoxy groups -OCH3 is 1. The Labute approximate surface area is 105 Å². The molecule has 7 heteroatoms. The fourth-order valence-corrected chi connectivity index (χ4v) is 2.49. The van der Waals surface area contributed by atoms with Crippen LogP contribution < -0.4 is 4.74 Å². The third-order valence-electron chi connectivity index (χ3n) is 2.89. The van der Waals surface area contributed by atoms with Gasteiger partial charge in [0.25, 0.3) is 0 Å². The summed E-state index contributed by atoms with van der Waals surface area (Å²) in [7, 11) is 1.55. The maximum atomic E-state index is 11.0. The number of carbonyl (C=O) groups is 1.